The molecule has 6 nitrogen and oxygen atoms in total. The summed E-state index contributed by atoms with van der Waals surface area (Å²) in [5.74, 6) is -3.30. The lowest BCUT2D eigenvalue weighted by atomic mass is 9.47. The number of halogens is 4. The number of esters is 1. The maximum Gasteiger partial charge on any atom is 0.396 e. The molecule has 4 aliphatic carbocycles. The third-order valence-electron chi connectivity index (χ3n) is 7.92. The molecule has 4 aliphatic rings. The fraction of sp³-hybridized carbons (Fsp3) is 0.870. The van der Waals surface area contributed by atoms with E-state index in [0.717, 1.165) is 25.7 Å². The number of carbonyl (C=O) groups excluding carboxylic acids is 1. The molecule has 0 aromatic rings. The molecule has 196 valence electrons. The normalized spacial score (nSPS) is 31.2. The van der Waals surface area contributed by atoms with E-state index in [4.69, 9.17) is 9.47 Å². The Kier molecular flexibility index (Phi) is 7.80. The topological polar surface area (TPSA) is 92.7 Å². The van der Waals surface area contributed by atoms with Crippen molar-refractivity contribution in [3.8, 4) is 0 Å². The average Bonchev–Trinajstić information content (AvgIpc) is 2.71. The first-order valence-corrected chi connectivity index (χ1v) is 13.2. The summed E-state index contributed by atoms with van der Waals surface area (Å²) in [6.07, 6.45) is 3.45. The van der Waals surface area contributed by atoms with Gasteiger partial charge in [-0.1, -0.05) is 20.4 Å². The largest absolute Gasteiger partial charge is 0.743 e. The van der Waals surface area contributed by atoms with Crippen molar-refractivity contribution in [2.75, 3.05) is 13.2 Å². The summed E-state index contributed by atoms with van der Waals surface area (Å²) in [4.78, 5) is 12.8. The minimum Gasteiger partial charge on any atom is -0.743 e. The highest BCUT2D eigenvalue weighted by molar-refractivity contribution is 7.86. The Hall–Kier alpha value is -1.20. The molecule has 0 amide bonds. The van der Waals surface area contributed by atoms with Gasteiger partial charge in [0.1, 0.15) is 5.60 Å². The van der Waals surface area contributed by atoms with Gasteiger partial charge in [0.25, 0.3) is 0 Å². The van der Waals surface area contributed by atoms with E-state index in [2.05, 4.69) is 20.4 Å². The summed E-state index contributed by atoms with van der Waals surface area (Å²) < 4.78 is 95.7. The summed E-state index contributed by atoms with van der Waals surface area (Å²) in [6, 6.07) is 0. The van der Waals surface area contributed by atoms with Gasteiger partial charge in [-0.2, -0.15) is 17.6 Å². The van der Waals surface area contributed by atoms with Gasteiger partial charge in [-0.05, 0) is 74.5 Å². The molecule has 0 saturated heterocycles. The van der Waals surface area contributed by atoms with Crippen molar-refractivity contribution >= 4 is 16.1 Å². The Labute approximate surface area is 198 Å². The van der Waals surface area contributed by atoms with E-state index in [1.54, 1.807) is 0 Å². The Bertz CT molecular complexity index is 858. The van der Waals surface area contributed by atoms with Crippen LogP contribution in [0.4, 0.5) is 17.6 Å². The molecule has 0 unspecified atom stereocenters. The fourth-order valence-corrected chi connectivity index (χ4v) is 6.98. The highest BCUT2D eigenvalue weighted by atomic mass is 32.2. The molecule has 0 spiro atoms. The van der Waals surface area contributed by atoms with Crippen LogP contribution < -0.4 is 0 Å². The molecular weight excluding hydrogens is 480 g/mol. The number of alkyl halides is 4. The van der Waals surface area contributed by atoms with Gasteiger partial charge in [0.15, 0.2) is 10.1 Å². The molecule has 11 heteroatoms. The van der Waals surface area contributed by atoms with Crippen LogP contribution in [0.1, 0.15) is 65.2 Å². The highest BCUT2D eigenvalue weighted by Gasteiger charge is 2.61. The minimum absolute atomic E-state index is 0.0862. The first kappa shape index (κ1) is 27.4. The average molecular weight is 514 g/mol. The second-order valence-electron chi connectivity index (χ2n) is 10.5. The summed E-state index contributed by atoms with van der Waals surface area (Å²) >= 11 is 0. The quantitative estimate of drug-likeness (QED) is 0.121. The monoisotopic (exact) mass is 513 g/mol. The van der Waals surface area contributed by atoms with Crippen molar-refractivity contribution < 1.29 is 44.8 Å². The molecule has 0 radical (unpaired) electrons. The molecule has 0 aromatic carbocycles. The molecular formula is C23H33F4O6S-. The Balaban J connectivity index is 1.44. The van der Waals surface area contributed by atoms with E-state index in [-0.39, 0.29) is 31.1 Å². The number of carbonyl (C=O) groups is 1. The van der Waals surface area contributed by atoms with Crippen molar-refractivity contribution in [3.05, 3.63) is 12.2 Å². The van der Waals surface area contributed by atoms with E-state index >= 15 is 0 Å². The van der Waals surface area contributed by atoms with E-state index in [1.165, 1.54) is 6.42 Å². The van der Waals surface area contributed by atoms with Gasteiger partial charge < -0.3 is 14.0 Å². The van der Waals surface area contributed by atoms with Crippen molar-refractivity contribution in [1.82, 2.24) is 0 Å². The molecule has 0 atom stereocenters. The van der Waals surface area contributed by atoms with Crippen LogP contribution in [-0.2, 0) is 24.4 Å². The number of hydrogen-bond donors (Lipinski definition) is 0. The molecule has 0 N–H and O–H groups in total. The lowest BCUT2D eigenvalue weighted by molar-refractivity contribution is -0.222. The van der Waals surface area contributed by atoms with Crippen LogP contribution in [0.25, 0.3) is 0 Å². The highest BCUT2D eigenvalue weighted by Crippen LogP contribution is 2.61. The lowest BCUT2D eigenvalue weighted by Gasteiger charge is -2.61. The Morgan fingerprint density at radius 1 is 1.06 bits per heavy atom. The zero-order valence-corrected chi connectivity index (χ0v) is 20.4. The molecule has 4 bridgehead atoms. The van der Waals surface area contributed by atoms with Crippen LogP contribution in [-0.4, -0.2) is 48.9 Å². The van der Waals surface area contributed by atoms with Gasteiger partial charge in [0, 0.05) is 13.0 Å². The van der Waals surface area contributed by atoms with Gasteiger partial charge in [-0.25, -0.2) is 13.2 Å². The Morgan fingerprint density at radius 3 is 2.06 bits per heavy atom. The zero-order chi connectivity index (χ0) is 25.5. The molecule has 4 saturated carbocycles. The van der Waals surface area contributed by atoms with E-state index in [1.807, 2.05) is 0 Å². The Morgan fingerprint density at radius 2 is 1.59 bits per heavy atom. The van der Waals surface area contributed by atoms with Crippen LogP contribution >= 0.6 is 0 Å². The number of hydrogen-bond acceptors (Lipinski definition) is 6. The predicted molar refractivity (Wildman–Crippen MR) is 114 cm³/mol. The van der Waals surface area contributed by atoms with Crippen molar-refractivity contribution in [3.63, 3.8) is 0 Å². The first-order valence-electron chi connectivity index (χ1n) is 11.8. The molecule has 0 heterocycles. The van der Waals surface area contributed by atoms with Crippen LogP contribution in [0.5, 0.6) is 0 Å². The van der Waals surface area contributed by atoms with Crippen molar-refractivity contribution in [2.24, 2.45) is 29.6 Å². The third-order valence-corrected chi connectivity index (χ3v) is 8.85. The van der Waals surface area contributed by atoms with E-state index in [9.17, 15) is 35.3 Å². The SMILES string of the molecule is C=C(COCCCCC(F)(F)C(F)(F)S(=O)(=O)[O-])C(=O)OC1(C(C)C)C2CC3CC(C2)CC1C3. The van der Waals surface area contributed by atoms with Gasteiger partial charge in [-0.15, -0.1) is 0 Å². The minimum atomic E-state index is -6.49. The van der Waals surface area contributed by atoms with Gasteiger partial charge >= 0.3 is 17.1 Å². The van der Waals surface area contributed by atoms with Crippen LogP contribution in [0.2, 0.25) is 0 Å². The molecule has 0 aliphatic heterocycles. The van der Waals surface area contributed by atoms with Crippen LogP contribution in [0.3, 0.4) is 0 Å². The van der Waals surface area contributed by atoms with Crippen LogP contribution in [0, 0.1) is 29.6 Å². The number of unbranched alkanes of at least 4 members (excludes halogenated alkanes) is 1. The summed E-state index contributed by atoms with van der Waals surface area (Å²) in [5.41, 5.74) is -0.435. The zero-order valence-electron chi connectivity index (χ0n) is 19.5. The van der Waals surface area contributed by atoms with E-state index in [0.29, 0.717) is 23.7 Å². The van der Waals surface area contributed by atoms with Crippen LogP contribution in [0.15, 0.2) is 12.2 Å². The second-order valence-corrected chi connectivity index (χ2v) is 11.9. The maximum absolute atomic E-state index is 13.4. The van der Waals surface area contributed by atoms with Gasteiger partial charge in [0.2, 0.25) is 0 Å². The summed E-state index contributed by atoms with van der Waals surface area (Å²) in [5, 5.41) is -5.68. The van der Waals surface area contributed by atoms with Crippen molar-refractivity contribution in [2.45, 2.75) is 82.0 Å². The smallest absolute Gasteiger partial charge is 0.396 e. The predicted octanol–water partition coefficient (Wildman–Crippen LogP) is 4.90. The van der Waals surface area contributed by atoms with Crippen molar-refractivity contribution in [1.29, 1.82) is 0 Å². The number of ether oxygens (including phenoxy) is 2. The molecule has 34 heavy (non-hydrogen) atoms. The van der Waals surface area contributed by atoms with E-state index < -0.39 is 45.7 Å². The molecule has 4 rings (SSSR count). The molecule has 4 fully saturated rings. The summed E-state index contributed by atoms with van der Waals surface area (Å²) in [7, 11) is -6.49. The standard InChI is InChI=1S/C23H34F4O6S/c1-14(2)22(18-9-16-8-17(11-18)12-19(22)10-16)33-20(28)15(3)13-32-7-5-4-6-21(24,25)23(26,27)34(29,30)31/h14,16-19H,3-13H2,1-2H3,(H,29,30,31)/p-1. The van der Waals surface area contributed by atoms with Gasteiger partial charge in [-0.3, -0.25) is 0 Å². The third kappa shape index (κ3) is 5.02. The number of rotatable bonds is 12. The summed E-state index contributed by atoms with van der Waals surface area (Å²) in [6.45, 7) is 7.54. The van der Waals surface area contributed by atoms with Gasteiger partial charge in [0.05, 0.1) is 12.2 Å². The lowest BCUT2D eigenvalue weighted by Crippen LogP contribution is -2.62. The second kappa shape index (κ2) is 9.69. The first-order chi connectivity index (χ1) is 15.6. The maximum atomic E-state index is 13.4. The molecule has 0 aromatic heterocycles. The fourth-order valence-electron chi connectivity index (χ4n) is 6.51.